The first-order chi connectivity index (χ1) is 16.1. The van der Waals surface area contributed by atoms with Crippen LogP contribution in [0, 0.1) is 12.3 Å². The molecular weight excluding hydrogens is 414 g/mol. The highest BCUT2D eigenvalue weighted by Crippen LogP contribution is 2.23. The molecule has 1 amide bonds. The van der Waals surface area contributed by atoms with Crippen molar-refractivity contribution in [3.8, 4) is 18.1 Å². The number of carbonyl (C=O) groups excluding carboxylic acids is 1. The van der Waals surface area contributed by atoms with Gasteiger partial charge in [-0.25, -0.2) is 4.98 Å². The van der Waals surface area contributed by atoms with E-state index in [1.54, 1.807) is 12.1 Å². The number of aromatic nitrogens is 2. The Kier molecular flexibility index (Phi) is 6.84. The number of amides is 1. The fourth-order valence-electron chi connectivity index (χ4n) is 4.17. The summed E-state index contributed by atoms with van der Waals surface area (Å²) >= 11 is 0. The number of terminal acetylenes is 1. The molecule has 1 aliphatic carbocycles. The van der Waals surface area contributed by atoms with Crippen molar-refractivity contribution in [1.29, 1.82) is 0 Å². The van der Waals surface area contributed by atoms with Crippen molar-refractivity contribution >= 4 is 22.6 Å². The number of aromatic amines is 1. The second-order valence-corrected chi connectivity index (χ2v) is 8.10. The van der Waals surface area contributed by atoms with Gasteiger partial charge in [0.05, 0.1) is 17.1 Å². The predicted molar refractivity (Wildman–Crippen MR) is 131 cm³/mol. The Labute approximate surface area is 194 Å². The summed E-state index contributed by atoms with van der Waals surface area (Å²) in [6.45, 7) is 3.52. The molecule has 0 radical (unpaired) electrons. The van der Waals surface area contributed by atoms with E-state index in [4.69, 9.17) is 16.9 Å². The highest BCUT2D eigenvalue weighted by Gasteiger charge is 2.26. The molecule has 1 aromatic heterocycles. The average Bonchev–Trinajstić information content (AvgIpc) is 3.26. The van der Waals surface area contributed by atoms with Crippen molar-refractivity contribution in [1.82, 2.24) is 20.2 Å². The lowest BCUT2D eigenvalue weighted by molar-refractivity contribution is 0.0700. The van der Waals surface area contributed by atoms with Gasteiger partial charge in [-0.3, -0.25) is 4.79 Å². The Hall–Kier alpha value is -3.92. The number of carbonyl (C=O) groups is 1. The van der Waals surface area contributed by atoms with Crippen molar-refractivity contribution in [2.24, 2.45) is 0 Å². The Balaban J connectivity index is 1.45. The van der Waals surface area contributed by atoms with Crippen molar-refractivity contribution < 1.29 is 9.53 Å². The molecule has 0 saturated heterocycles. The number of hydrogen-bond acceptors (Lipinski definition) is 5. The molecule has 1 atom stereocenters. The van der Waals surface area contributed by atoms with Crippen LogP contribution in [0.4, 0.5) is 5.69 Å². The van der Waals surface area contributed by atoms with Gasteiger partial charge in [0.2, 0.25) is 0 Å². The number of nitrogens with zero attached hydrogens (tertiary/aromatic N) is 2. The van der Waals surface area contributed by atoms with Gasteiger partial charge in [0, 0.05) is 24.5 Å². The lowest BCUT2D eigenvalue weighted by atomic mass is 9.98. The van der Waals surface area contributed by atoms with E-state index in [9.17, 15) is 4.79 Å². The van der Waals surface area contributed by atoms with Crippen molar-refractivity contribution in [2.45, 2.75) is 38.8 Å². The molecular formula is C26H29N5O2. The van der Waals surface area contributed by atoms with Crippen LogP contribution in [-0.2, 0) is 6.54 Å². The van der Waals surface area contributed by atoms with Crippen LogP contribution < -0.4 is 15.8 Å². The number of nitrogens with one attached hydrogen (secondary N) is 2. The van der Waals surface area contributed by atoms with Crippen molar-refractivity contribution in [3.05, 3.63) is 65.6 Å². The monoisotopic (exact) mass is 443 g/mol. The number of allylic oxidation sites excluding steroid dienone is 1. The van der Waals surface area contributed by atoms with E-state index in [1.807, 2.05) is 42.2 Å². The summed E-state index contributed by atoms with van der Waals surface area (Å²) in [5.41, 5.74) is 10.2. The number of ether oxygens (including phenoxy) is 1. The van der Waals surface area contributed by atoms with Gasteiger partial charge in [-0.15, -0.1) is 6.42 Å². The Morgan fingerprint density at radius 1 is 1.36 bits per heavy atom. The minimum Gasteiger partial charge on any atom is -0.481 e. The summed E-state index contributed by atoms with van der Waals surface area (Å²) in [4.78, 5) is 22.7. The zero-order valence-corrected chi connectivity index (χ0v) is 18.8. The minimum absolute atomic E-state index is 0.0160. The van der Waals surface area contributed by atoms with Crippen molar-refractivity contribution in [3.63, 3.8) is 0 Å². The quantitative estimate of drug-likeness (QED) is 0.363. The number of nitrogen functional groups attached to an aromatic ring is 1. The predicted octanol–water partition coefficient (Wildman–Crippen LogP) is 3.85. The normalized spacial score (nSPS) is 15.5. The van der Waals surface area contributed by atoms with Crippen LogP contribution in [-0.4, -0.2) is 40.0 Å². The van der Waals surface area contributed by atoms with Gasteiger partial charge in [-0.1, -0.05) is 18.1 Å². The molecule has 0 unspecified atom stereocenters. The SMILES string of the molecule is C#CCOc1cccc(CNC2=C[C@@H](N(CC)C(=O)c3nc4ccc(N)cc4[nH]3)CCC2)c1. The van der Waals surface area contributed by atoms with Crippen LogP contribution in [0.2, 0.25) is 0 Å². The van der Waals surface area contributed by atoms with E-state index in [-0.39, 0.29) is 18.6 Å². The fraction of sp³-hybridized carbons (Fsp3) is 0.308. The molecule has 0 saturated carbocycles. The summed E-state index contributed by atoms with van der Waals surface area (Å²) in [7, 11) is 0. The van der Waals surface area contributed by atoms with Crippen LogP contribution in [0.1, 0.15) is 42.4 Å². The molecule has 7 nitrogen and oxygen atoms in total. The van der Waals surface area contributed by atoms with E-state index in [0.29, 0.717) is 24.6 Å². The van der Waals surface area contributed by atoms with Crippen LogP contribution in [0.5, 0.6) is 5.75 Å². The van der Waals surface area contributed by atoms with Crippen LogP contribution in [0.25, 0.3) is 11.0 Å². The number of H-pyrrole nitrogens is 1. The number of hydrogen-bond donors (Lipinski definition) is 3. The lowest BCUT2D eigenvalue weighted by Crippen LogP contribution is -2.41. The van der Waals surface area contributed by atoms with Crippen LogP contribution in [0.3, 0.4) is 0 Å². The summed E-state index contributed by atoms with van der Waals surface area (Å²) in [6, 6.07) is 13.3. The first-order valence-electron chi connectivity index (χ1n) is 11.2. The molecule has 0 aliphatic heterocycles. The second-order valence-electron chi connectivity index (χ2n) is 8.10. The molecule has 0 fully saturated rings. The smallest absolute Gasteiger partial charge is 0.290 e. The van der Waals surface area contributed by atoms with Gasteiger partial charge in [-0.2, -0.15) is 0 Å². The third-order valence-corrected chi connectivity index (χ3v) is 5.79. The standard InChI is InChI=1S/C26H29N5O2/c1-3-13-33-22-10-5-7-18(14-22)17-28-20-8-6-9-21(16-20)31(4-2)26(32)25-29-23-12-11-19(27)15-24(23)30-25/h1,5,7,10-12,14-16,21,28H,4,6,8-9,13,17,27H2,2H3,(H,29,30)/t21-/m0/s1. The van der Waals surface area contributed by atoms with Crippen LogP contribution >= 0.6 is 0 Å². The third-order valence-electron chi connectivity index (χ3n) is 5.79. The van der Waals surface area contributed by atoms with Gasteiger partial charge in [0.25, 0.3) is 5.91 Å². The molecule has 4 rings (SSSR count). The molecule has 1 heterocycles. The number of imidazole rings is 1. The van der Waals surface area contributed by atoms with Gasteiger partial charge < -0.3 is 25.7 Å². The summed E-state index contributed by atoms with van der Waals surface area (Å²) in [5.74, 6) is 3.48. The number of benzene rings is 2. The zero-order valence-electron chi connectivity index (χ0n) is 18.8. The van der Waals surface area contributed by atoms with Gasteiger partial charge in [-0.05, 0) is 68.2 Å². The number of likely N-dealkylation sites (N-methyl/N-ethyl adjacent to an activating group) is 1. The van der Waals surface area contributed by atoms with Crippen molar-refractivity contribution in [2.75, 3.05) is 18.9 Å². The largest absolute Gasteiger partial charge is 0.481 e. The Morgan fingerprint density at radius 3 is 3.06 bits per heavy atom. The molecule has 2 aromatic carbocycles. The first-order valence-corrected chi connectivity index (χ1v) is 11.2. The molecule has 4 N–H and O–H groups in total. The average molecular weight is 444 g/mol. The van der Waals surface area contributed by atoms with Crippen LogP contribution in [0.15, 0.2) is 54.2 Å². The van der Waals surface area contributed by atoms with Gasteiger partial charge in [0.15, 0.2) is 5.82 Å². The van der Waals surface area contributed by atoms with E-state index in [0.717, 1.165) is 47.3 Å². The van der Waals surface area contributed by atoms with Gasteiger partial charge in [0.1, 0.15) is 12.4 Å². The lowest BCUT2D eigenvalue weighted by Gasteiger charge is -2.32. The topological polar surface area (TPSA) is 96.3 Å². The Bertz CT molecular complexity index is 1210. The number of rotatable bonds is 8. The van der Waals surface area contributed by atoms with E-state index < -0.39 is 0 Å². The molecule has 170 valence electrons. The Morgan fingerprint density at radius 2 is 2.24 bits per heavy atom. The molecule has 3 aromatic rings. The van der Waals surface area contributed by atoms with E-state index >= 15 is 0 Å². The zero-order chi connectivity index (χ0) is 23.2. The minimum atomic E-state index is -0.104. The summed E-state index contributed by atoms with van der Waals surface area (Å²) in [5, 5.41) is 3.53. The molecule has 0 bridgehead atoms. The summed E-state index contributed by atoms with van der Waals surface area (Å²) < 4.78 is 5.51. The summed E-state index contributed by atoms with van der Waals surface area (Å²) in [6.07, 6.45) is 10.3. The maximum absolute atomic E-state index is 13.3. The van der Waals surface area contributed by atoms with E-state index in [1.165, 1.54) is 0 Å². The molecule has 33 heavy (non-hydrogen) atoms. The highest BCUT2D eigenvalue weighted by molar-refractivity contribution is 5.95. The number of fused-ring (bicyclic) bond motifs is 1. The fourth-order valence-corrected chi connectivity index (χ4v) is 4.17. The molecule has 7 heteroatoms. The second kappa shape index (κ2) is 10.1. The third kappa shape index (κ3) is 5.29. The number of anilines is 1. The molecule has 0 spiro atoms. The van der Waals surface area contributed by atoms with Gasteiger partial charge >= 0.3 is 0 Å². The first kappa shape index (κ1) is 22.3. The maximum Gasteiger partial charge on any atom is 0.290 e. The number of nitrogens with two attached hydrogens (primary N) is 1. The molecule has 1 aliphatic rings. The maximum atomic E-state index is 13.3. The highest BCUT2D eigenvalue weighted by atomic mass is 16.5. The van der Waals surface area contributed by atoms with E-state index in [2.05, 4.69) is 27.3 Å².